The normalized spacial score (nSPS) is 12.1. The van der Waals surface area contributed by atoms with E-state index >= 15 is 0 Å². The van der Waals surface area contributed by atoms with Crippen molar-refractivity contribution in [2.45, 2.75) is 13.5 Å². The van der Waals surface area contributed by atoms with Gasteiger partial charge in [0.25, 0.3) is 0 Å². The van der Waals surface area contributed by atoms with Crippen molar-refractivity contribution in [2.24, 2.45) is 0 Å². The van der Waals surface area contributed by atoms with Gasteiger partial charge in [0.1, 0.15) is 5.82 Å². The van der Waals surface area contributed by atoms with Crippen molar-refractivity contribution < 1.29 is 12.8 Å². The van der Waals surface area contributed by atoms with E-state index in [1.54, 1.807) is 17.6 Å². The van der Waals surface area contributed by atoms with Crippen molar-refractivity contribution in [3.05, 3.63) is 24.0 Å². The van der Waals surface area contributed by atoms with Gasteiger partial charge < -0.3 is 10.3 Å². The first kappa shape index (κ1) is 12.8. The van der Waals surface area contributed by atoms with Crippen LogP contribution in [0.5, 0.6) is 0 Å². The smallest absolute Gasteiger partial charge is 0.201 e. The summed E-state index contributed by atoms with van der Waals surface area (Å²) in [5.41, 5.74) is 6.78. The number of nitrogen functional groups attached to an aromatic ring is 1. The summed E-state index contributed by atoms with van der Waals surface area (Å²) in [6.07, 6.45) is 0. The summed E-state index contributed by atoms with van der Waals surface area (Å²) in [4.78, 5) is 4.01. The molecule has 2 N–H and O–H groups in total. The van der Waals surface area contributed by atoms with Crippen LogP contribution in [-0.2, 0) is 16.4 Å². The average Bonchev–Trinajstić information content (AvgIpc) is 2.61. The SMILES string of the molecule is CCS(=O)(=O)CCn1c(N)nc2cc(F)ccc21. The average molecular weight is 271 g/mol. The highest BCUT2D eigenvalue weighted by atomic mass is 32.2. The molecule has 0 amide bonds. The maximum Gasteiger partial charge on any atom is 0.201 e. The van der Waals surface area contributed by atoms with Crippen LogP contribution in [0.1, 0.15) is 6.92 Å². The lowest BCUT2D eigenvalue weighted by atomic mass is 10.3. The van der Waals surface area contributed by atoms with Gasteiger partial charge in [0.2, 0.25) is 5.95 Å². The Morgan fingerprint density at radius 3 is 2.83 bits per heavy atom. The fourth-order valence-corrected chi connectivity index (χ4v) is 2.48. The zero-order valence-corrected chi connectivity index (χ0v) is 10.7. The van der Waals surface area contributed by atoms with Gasteiger partial charge in [0, 0.05) is 18.4 Å². The van der Waals surface area contributed by atoms with Crippen LogP contribution in [0.15, 0.2) is 18.2 Å². The second-order valence-electron chi connectivity index (χ2n) is 3.99. The standard InChI is InChI=1S/C11H14FN3O2S/c1-2-18(16,17)6-5-15-10-4-3-8(12)7-9(10)14-11(15)13/h3-4,7H,2,5-6H2,1H3,(H2,13,14). The minimum Gasteiger partial charge on any atom is -0.369 e. The first-order chi connectivity index (χ1) is 8.43. The first-order valence-corrected chi connectivity index (χ1v) is 7.37. The van der Waals surface area contributed by atoms with Crippen LogP contribution in [0.3, 0.4) is 0 Å². The molecule has 0 unspecified atom stereocenters. The number of anilines is 1. The van der Waals surface area contributed by atoms with Gasteiger partial charge in [0.05, 0.1) is 16.8 Å². The number of rotatable bonds is 4. The van der Waals surface area contributed by atoms with Crippen molar-refractivity contribution in [1.82, 2.24) is 9.55 Å². The summed E-state index contributed by atoms with van der Waals surface area (Å²) >= 11 is 0. The predicted molar refractivity (Wildman–Crippen MR) is 68.4 cm³/mol. The minimum atomic E-state index is -3.07. The molecule has 1 aromatic heterocycles. The molecule has 7 heteroatoms. The van der Waals surface area contributed by atoms with Crippen LogP contribution < -0.4 is 5.73 Å². The molecule has 0 fully saturated rings. The second kappa shape index (κ2) is 4.56. The minimum absolute atomic E-state index is 0.00344. The topological polar surface area (TPSA) is 78.0 Å². The van der Waals surface area contributed by atoms with Crippen LogP contribution in [0.2, 0.25) is 0 Å². The number of benzene rings is 1. The molecular formula is C11H14FN3O2S. The lowest BCUT2D eigenvalue weighted by molar-refractivity contribution is 0.591. The van der Waals surface area contributed by atoms with Crippen LogP contribution in [0, 0.1) is 5.82 Å². The highest BCUT2D eigenvalue weighted by molar-refractivity contribution is 7.91. The second-order valence-corrected chi connectivity index (χ2v) is 6.46. The molecule has 2 aromatic rings. The summed E-state index contributed by atoms with van der Waals surface area (Å²) < 4.78 is 37.5. The van der Waals surface area contributed by atoms with Gasteiger partial charge in [0.15, 0.2) is 9.84 Å². The molecule has 2 rings (SSSR count). The van der Waals surface area contributed by atoms with Crippen molar-refractivity contribution in [2.75, 3.05) is 17.2 Å². The molecule has 0 saturated carbocycles. The van der Waals surface area contributed by atoms with E-state index in [2.05, 4.69) is 4.98 Å². The molecule has 5 nitrogen and oxygen atoms in total. The van der Waals surface area contributed by atoms with E-state index in [1.165, 1.54) is 12.1 Å². The Kier molecular flexibility index (Phi) is 3.25. The highest BCUT2D eigenvalue weighted by Crippen LogP contribution is 2.18. The molecule has 0 radical (unpaired) electrons. The summed E-state index contributed by atoms with van der Waals surface area (Å²) in [6.45, 7) is 1.82. The Balaban J connectivity index is 2.36. The Morgan fingerprint density at radius 1 is 1.44 bits per heavy atom. The zero-order chi connectivity index (χ0) is 13.3. The lowest BCUT2D eigenvalue weighted by Crippen LogP contribution is -2.15. The number of imidazole rings is 1. The molecule has 0 aliphatic carbocycles. The molecule has 0 aliphatic rings. The maximum atomic E-state index is 13.0. The van der Waals surface area contributed by atoms with Crippen molar-refractivity contribution in [3.8, 4) is 0 Å². The molecule has 0 aliphatic heterocycles. The van der Waals surface area contributed by atoms with Gasteiger partial charge in [-0.15, -0.1) is 0 Å². The zero-order valence-electron chi connectivity index (χ0n) is 9.93. The van der Waals surface area contributed by atoms with Crippen LogP contribution in [0.4, 0.5) is 10.3 Å². The van der Waals surface area contributed by atoms with Gasteiger partial charge in [-0.2, -0.15) is 0 Å². The third-order valence-corrected chi connectivity index (χ3v) is 4.49. The van der Waals surface area contributed by atoms with Gasteiger partial charge in [-0.05, 0) is 12.1 Å². The molecule has 0 bridgehead atoms. The largest absolute Gasteiger partial charge is 0.369 e. The van der Waals surface area contributed by atoms with Gasteiger partial charge in [-0.25, -0.2) is 17.8 Å². The molecule has 0 spiro atoms. The van der Waals surface area contributed by atoms with E-state index < -0.39 is 15.7 Å². The molecular weight excluding hydrogens is 257 g/mol. The van der Waals surface area contributed by atoms with Gasteiger partial charge in [-0.3, -0.25) is 0 Å². The number of hydrogen-bond donors (Lipinski definition) is 1. The molecule has 1 heterocycles. The summed E-state index contributed by atoms with van der Waals surface area (Å²) in [6, 6.07) is 4.12. The molecule has 0 saturated heterocycles. The van der Waals surface area contributed by atoms with Crippen molar-refractivity contribution in [3.63, 3.8) is 0 Å². The van der Waals surface area contributed by atoms with Gasteiger partial charge >= 0.3 is 0 Å². The predicted octanol–water partition coefficient (Wildman–Crippen LogP) is 1.19. The third-order valence-electron chi connectivity index (χ3n) is 2.81. The monoisotopic (exact) mass is 271 g/mol. The molecule has 18 heavy (non-hydrogen) atoms. The van der Waals surface area contributed by atoms with Crippen LogP contribution >= 0.6 is 0 Å². The fraction of sp³-hybridized carbons (Fsp3) is 0.364. The number of nitrogens with zero attached hydrogens (tertiary/aromatic N) is 2. The van der Waals surface area contributed by atoms with E-state index in [0.717, 1.165) is 0 Å². The number of aromatic nitrogens is 2. The Morgan fingerprint density at radius 2 is 2.17 bits per heavy atom. The van der Waals surface area contributed by atoms with E-state index in [1.807, 2.05) is 0 Å². The van der Waals surface area contributed by atoms with Crippen molar-refractivity contribution in [1.29, 1.82) is 0 Å². The number of sulfone groups is 1. The van der Waals surface area contributed by atoms with Crippen molar-refractivity contribution >= 4 is 26.8 Å². The maximum absolute atomic E-state index is 13.0. The van der Waals surface area contributed by atoms with E-state index in [4.69, 9.17) is 5.73 Å². The molecule has 0 atom stereocenters. The Bertz CT molecular complexity index is 679. The number of fused-ring (bicyclic) bond motifs is 1. The quantitative estimate of drug-likeness (QED) is 0.906. The summed E-state index contributed by atoms with van der Waals surface area (Å²) in [5, 5.41) is 0. The van der Waals surface area contributed by atoms with E-state index in [0.29, 0.717) is 11.0 Å². The fourth-order valence-electron chi connectivity index (χ4n) is 1.73. The number of hydrogen-bond acceptors (Lipinski definition) is 4. The van der Waals surface area contributed by atoms with Gasteiger partial charge in [-0.1, -0.05) is 6.92 Å². The summed E-state index contributed by atoms with van der Waals surface area (Å²) in [5.74, 6) is -0.111. The lowest BCUT2D eigenvalue weighted by Gasteiger charge is -2.06. The third kappa shape index (κ3) is 2.45. The first-order valence-electron chi connectivity index (χ1n) is 5.54. The van der Waals surface area contributed by atoms with E-state index in [9.17, 15) is 12.8 Å². The molecule has 98 valence electrons. The number of halogens is 1. The Hall–Kier alpha value is -1.63. The van der Waals surface area contributed by atoms with E-state index in [-0.39, 0.29) is 24.0 Å². The summed E-state index contributed by atoms with van der Waals surface area (Å²) in [7, 11) is -3.07. The molecule has 1 aromatic carbocycles. The van der Waals surface area contributed by atoms with Crippen LogP contribution in [-0.4, -0.2) is 29.5 Å². The number of aryl methyl sites for hydroxylation is 1. The number of nitrogens with two attached hydrogens (primary N) is 1. The van der Waals surface area contributed by atoms with Crippen LogP contribution in [0.25, 0.3) is 11.0 Å². The highest BCUT2D eigenvalue weighted by Gasteiger charge is 2.12. The Labute approximate surface area is 104 Å².